The van der Waals surface area contributed by atoms with Crippen molar-refractivity contribution in [1.29, 1.82) is 5.26 Å². The molecule has 1 aliphatic carbocycles. The maximum atomic E-state index is 11.7. The molecule has 0 radical (unpaired) electrons. The standard InChI is InChI=1S/C25H20N4O2/c26-13-16-1-3-17(4-2-16)15-29-10-9-19-11-21(7-8-23(19)29)28-24-22(25(30)31)12-20(14-27-24)18-5-6-18/h1-4,7-12,14,18H,5-6,15H2,(H,27,28)(H,30,31). The van der Waals surface area contributed by atoms with Crippen LogP contribution in [0.1, 0.15) is 45.8 Å². The Hall–Kier alpha value is -4.11. The van der Waals surface area contributed by atoms with Crippen LogP contribution < -0.4 is 5.32 Å². The molecule has 1 aliphatic rings. The van der Waals surface area contributed by atoms with E-state index in [-0.39, 0.29) is 5.56 Å². The van der Waals surface area contributed by atoms with Gasteiger partial charge in [-0.15, -0.1) is 0 Å². The summed E-state index contributed by atoms with van der Waals surface area (Å²) >= 11 is 0. The van der Waals surface area contributed by atoms with Crippen molar-refractivity contribution in [2.45, 2.75) is 25.3 Å². The largest absolute Gasteiger partial charge is 0.478 e. The second kappa shape index (κ2) is 7.62. The van der Waals surface area contributed by atoms with Crippen molar-refractivity contribution in [2.75, 3.05) is 5.32 Å². The molecule has 2 aromatic carbocycles. The molecule has 0 atom stereocenters. The normalized spacial score (nSPS) is 13.1. The smallest absolute Gasteiger partial charge is 0.339 e. The molecule has 1 fully saturated rings. The zero-order chi connectivity index (χ0) is 21.4. The van der Waals surface area contributed by atoms with Gasteiger partial charge in [-0.25, -0.2) is 9.78 Å². The van der Waals surface area contributed by atoms with Gasteiger partial charge in [-0.2, -0.15) is 5.26 Å². The van der Waals surface area contributed by atoms with Gasteiger partial charge in [0.2, 0.25) is 0 Å². The van der Waals surface area contributed by atoms with Gasteiger partial charge in [0.15, 0.2) is 0 Å². The van der Waals surface area contributed by atoms with E-state index >= 15 is 0 Å². The van der Waals surface area contributed by atoms with E-state index < -0.39 is 5.97 Å². The molecular weight excluding hydrogens is 388 g/mol. The van der Waals surface area contributed by atoms with Crippen molar-refractivity contribution in [2.24, 2.45) is 0 Å². The number of nitriles is 1. The highest BCUT2D eigenvalue weighted by Gasteiger charge is 2.26. The molecule has 1 saturated carbocycles. The minimum Gasteiger partial charge on any atom is -0.478 e. The number of pyridine rings is 1. The molecule has 2 heterocycles. The first-order chi connectivity index (χ1) is 15.1. The molecule has 5 rings (SSSR count). The highest BCUT2D eigenvalue weighted by molar-refractivity contribution is 5.94. The van der Waals surface area contributed by atoms with Crippen molar-refractivity contribution in [3.8, 4) is 6.07 Å². The van der Waals surface area contributed by atoms with Gasteiger partial charge in [-0.3, -0.25) is 0 Å². The van der Waals surface area contributed by atoms with Crippen LogP contribution in [0.5, 0.6) is 0 Å². The predicted octanol–water partition coefficient (Wildman–Crippen LogP) is 5.28. The molecule has 2 N–H and O–H groups in total. The maximum absolute atomic E-state index is 11.7. The first kappa shape index (κ1) is 18.9. The third kappa shape index (κ3) is 3.86. The second-order valence-electron chi connectivity index (χ2n) is 7.90. The van der Waals surface area contributed by atoms with Gasteiger partial charge in [0.05, 0.1) is 11.6 Å². The quantitative estimate of drug-likeness (QED) is 0.453. The number of aromatic nitrogens is 2. The lowest BCUT2D eigenvalue weighted by Crippen LogP contribution is -2.06. The van der Waals surface area contributed by atoms with Gasteiger partial charge < -0.3 is 15.0 Å². The number of nitrogens with one attached hydrogen (secondary N) is 1. The number of aromatic carboxylic acids is 1. The van der Waals surface area contributed by atoms with Gasteiger partial charge in [-0.1, -0.05) is 12.1 Å². The van der Waals surface area contributed by atoms with Crippen LogP contribution in [0.3, 0.4) is 0 Å². The molecule has 6 nitrogen and oxygen atoms in total. The molecule has 0 bridgehead atoms. The summed E-state index contributed by atoms with van der Waals surface area (Å²) in [5, 5.41) is 22.8. The van der Waals surface area contributed by atoms with E-state index in [1.54, 1.807) is 12.3 Å². The van der Waals surface area contributed by atoms with Crippen molar-refractivity contribution < 1.29 is 9.90 Å². The predicted molar refractivity (Wildman–Crippen MR) is 119 cm³/mol. The van der Waals surface area contributed by atoms with Crippen LogP contribution in [0, 0.1) is 11.3 Å². The molecule has 0 saturated heterocycles. The SMILES string of the molecule is N#Cc1ccc(Cn2ccc3cc(Nc4ncc(C5CC5)cc4C(=O)O)ccc32)cc1. The molecule has 152 valence electrons. The van der Waals surface area contributed by atoms with E-state index in [2.05, 4.69) is 20.9 Å². The molecular formula is C25H20N4O2. The number of rotatable bonds is 6. The van der Waals surface area contributed by atoms with Crippen molar-refractivity contribution in [3.05, 3.63) is 89.2 Å². The number of benzene rings is 2. The number of anilines is 2. The summed E-state index contributed by atoms with van der Waals surface area (Å²) in [5.74, 6) is -0.174. The summed E-state index contributed by atoms with van der Waals surface area (Å²) < 4.78 is 2.14. The van der Waals surface area contributed by atoms with E-state index in [1.165, 1.54) is 0 Å². The van der Waals surface area contributed by atoms with Gasteiger partial charge in [0.25, 0.3) is 0 Å². The molecule has 4 aromatic rings. The maximum Gasteiger partial charge on any atom is 0.339 e. The number of hydrogen-bond acceptors (Lipinski definition) is 4. The number of fused-ring (bicyclic) bond motifs is 1. The Balaban J connectivity index is 1.39. The third-order valence-electron chi connectivity index (χ3n) is 5.66. The van der Waals surface area contributed by atoms with Crippen LogP contribution in [0.4, 0.5) is 11.5 Å². The zero-order valence-corrected chi connectivity index (χ0v) is 16.7. The zero-order valence-electron chi connectivity index (χ0n) is 16.7. The number of hydrogen-bond donors (Lipinski definition) is 2. The highest BCUT2D eigenvalue weighted by atomic mass is 16.4. The van der Waals surface area contributed by atoms with Gasteiger partial charge in [0.1, 0.15) is 11.4 Å². The Morgan fingerprint density at radius 2 is 1.97 bits per heavy atom. The van der Waals surface area contributed by atoms with Crippen LogP contribution in [-0.2, 0) is 6.54 Å². The molecule has 0 aliphatic heterocycles. The van der Waals surface area contributed by atoms with E-state index in [0.29, 0.717) is 23.8 Å². The Labute approximate surface area is 179 Å². The van der Waals surface area contributed by atoms with E-state index in [9.17, 15) is 9.90 Å². The molecule has 0 spiro atoms. The molecule has 0 amide bonds. The average Bonchev–Trinajstić information content (AvgIpc) is 3.56. The van der Waals surface area contributed by atoms with Crippen LogP contribution in [0.25, 0.3) is 10.9 Å². The van der Waals surface area contributed by atoms with Crippen LogP contribution in [0.15, 0.2) is 67.0 Å². The number of carboxylic acid groups (broad SMARTS) is 1. The third-order valence-corrected chi connectivity index (χ3v) is 5.66. The monoisotopic (exact) mass is 408 g/mol. The Kier molecular flexibility index (Phi) is 4.64. The Bertz CT molecular complexity index is 1330. The lowest BCUT2D eigenvalue weighted by molar-refractivity contribution is 0.0697. The summed E-state index contributed by atoms with van der Waals surface area (Å²) in [6, 6.07) is 19.4. The number of carbonyl (C=O) groups is 1. The van der Waals surface area contributed by atoms with Crippen LogP contribution in [-0.4, -0.2) is 20.6 Å². The van der Waals surface area contributed by atoms with E-state index in [0.717, 1.165) is 40.6 Å². The van der Waals surface area contributed by atoms with Gasteiger partial charge >= 0.3 is 5.97 Å². The Morgan fingerprint density at radius 1 is 1.16 bits per heavy atom. The highest BCUT2D eigenvalue weighted by Crippen LogP contribution is 2.40. The van der Waals surface area contributed by atoms with Gasteiger partial charge in [0, 0.05) is 35.5 Å². The van der Waals surface area contributed by atoms with E-state index in [1.807, 2.05) is 54.7 Å². The fourth-order valence-electron chi connectivity index (χ4n) is 3.82. The number of nitrogens with zero attached hydrogens (tertiary/aromatic N) is 3. The minimum absolute atomic E-state index is 0.197. The number of carboxylic acids is 1. The van der Waals surface area contributed by atoms with Gasteiger partial charge in [-0.05, 0) is 72.4 Å². The first-order valence-corrected chi connectivity index (χ1v) is 10.2. The van der Waals surface area contributed by atoms with Crippen molar-refractivity contribution in [3.63, 3.8) is 0 Å². The summed E-state index contributed by atoms with van der Waals surface area (Å²) in [6.45, 7) is 0.704. The molecule has 31 heavy (non-hydrogen) atoms. The molecule has 2 aromatic heterocycles. The summed E-state index contributed by atoms with van der Waals surface area (Å²) in [6.07, 6.45) is 6.00. The fourth-order valence-corrected chi connectivity index (χ4v) is 3.82. The molecule has 6 heteroatoms. The summed E-state index contributed by atoms with van der Waals surface area (Å²) in [4.78, 5) is 16.1. The first-order valence-electron chi connectivity index (χ1n) is 10.2. The lowest BCUT2D eigenvalue weighted by atomic mass is 10.1. The Morgan fingerprint density at radius 3 is 2.68 bits per heavy atom. The fraction of sp³-hybridized carbons (Fsp3) is 0.160. The minimum atomic E-state index is -0.979. The van der Waals surface area contributed by atoms with Crippen LogP contribution in [0.2, 0.25) is 0 Å². The lowest BCUT2D eigenvalue weighted by Gasteiger charge is -2.11. The van der Waals surface area contributed by atoms with Crippen LogP contribution >= 0.6 is 0 Å². The summed E-state index contributed by atoms with van der Waals surface area (Å²) in [7, 11) is 0. The molecule has 0 unspecified atom stereocenters. The second-order valence-corrected chi connectivity index (χ2v) is 7.90. The van der Waals surface area contributed by atoms with Crippen molar-refractivity contribution in [1.82, 2.24) is 9.55 Å². The average molecular weight is 408 g/mol. The topological polar surface area (TPSA) is 90.9 Å². The summed E-state index contributed by atoms with van der Waals surface area (Å²) in [5.41, 5.74) is 4.82. The van der Waals surface area contributed by atoms with E-state index in [4.69, 9.17) is 5.26 Å². The van der Waals surface area contributed by atoms with Crippen molar-refractivity contribution >= 4 is 28.4 Å².